The highest BCUT2D eigenvalue weighted by Crippen LogP contribution is 1.92. The Morgan fingerprint density at radius 3 is 2.19 bits per heavy atom. The minimum absolute atomic E-state index is 0.646. The molecule has 0 saturated carbocycles. The Hall–Kier alpha value is 0.130. The fraction of sp³-hybridized carbons (Fsp3) is 1.00. The predicted octanol–water partition coefficient (Wildman–Crippen LogP) is 1.23. The summed E-state index contributed by atoms with van der Waals surface area (Å²) in [5, 5.41) is 0. The van der Waals surface area contributed by atoms with Crippen LogP contribution in [0.25, 0.3) is 0 Å². The minimum Gasteiger partial charge on any atom is -0.385 e. The molecule has 4 nitrogen and oxygen atoms in total. The van der Waals surface area contributed by atoms with Crippen molar-refractivity contribution >= 4 is 11.6 Å². The lowest BCUT2D eigenvalue weighted by Crippen LogP contribution is -2.32. The second kappa shape index (κ2) is 13.2. The van der Waals surface area contributed by atoms with Gasteiger partial charge in [-0.15, -0.1) is 11.6 Å². The van der Waals surface area contributed by atoms with Crippen LogP contribution in [0.15, 0.2) is 0 Å². The van der Waals surface area contributed by atoms with Crippen molar-refractivity contribution in [3.8, 4) is 0 Å². The normalized spacial score (nSPS) is 11.2. The SMILES string of the molecule is COCCCOCCN(CCCl)CCOC. The van der Waals surface area contributed by atoms with Crippen LogP contribution in [0.4, 0.5) is 0 Å². The summed E-state index contributed by atoms with van der Waals surface area (Å²) in [4.78, 5) is 2.24. The molecule has 0 aromatic carbocycles. The Kier molecular flexibility index (Phi) is 13.3. The molecule has 0 aliphatic carbocycles. The van der Waals surface area contributed by atoms with Crippen LogP contribution < -0.4 is 0 Å². The Balaban J connectivity index is 3.36. The van der Waals surface area contributed by atoms with Gasteiger partial charge in [0.25, 0.3) is 0 Å². The summed E-state index contributed by atoms with van der Waals surface area (Å²) >= 11 is 5.72. The Bertz CT molecular complexity index is 138. The third kappa shape index (κ3) is 10.6. The maximum absolute atomic E-state index is 5.72. The van der Waals surface area contributed by atoms with Gasteiger partial charge in [0, 0.05) is 52.9 Å². The Morgan fingerprint density at radius 2 is 1.56 bits per heavy atom. The highest BCUT2D eigenvalue weighted by atomic mass is 35.5. The van der Waals surface area contributed by atoms with E-state index < -0.39 is 0 Å². The molecule has 0 aromatic heterocycles. The van der Waals surface area contributed by atoms with Crippen molar-refractivity contribution in [1.82, 2.24) is 4.90 Å². The van der Waals surface area contributed by atoms with Gasteiger partial charge in [0.2, 0.25) is 0 Å². The molecule has 0 saturated heterocycles. The van der Waals surface area contributed by atoms with Crippen LogP contribution in [0.3, 0.4) is 0 Å². The number of rotatable bonds is 12. The molecule has 0 amide bonds. The van der Waals surface area contributed by atoms with Gasteiger partial charge in [0.1, 0.15) is 0 Å². The average Bonchev–Trinajstić information content (AvgIpc) is 2.30. The largest absolute Gasteiger partial charge is 0.385 e. The minimum atomic E-state index is 0.646. The van der Waals surface area contributed by atoms with E-state index in [0.29, 0.717) is 5.88 Å². The average molecular weight is 254 g/mol. The molecule has 0 atom stereocenters. The van der Waals surface area contributed by atoms with Gasteiger partial charge in [-0.2, -0.15) is 0 Å². The number of halogens is 1. The first-order chi connectivity index (χ1) is 7.85. The van der Waals surface area contributed by atoms with Gasteiger partial charge >= 0.3 is 0 Å². The highest BCUT2D eigenvalue weighted by Gasteiger charge is 2.03. The molecule has 0 fully saturated rings. The maximum atomic E-state index is 5.72. The van der Waals surface area contributed by atoms with E-state index in [1.54, 1.807) is 14.2 Å². The van der Waals surface area contributed by atoms with E-state index in [2.05, 4.69) is 4.90 Å². The summed E-state index contributed by atoms with van der Waals surface area (Å²) in [5.74, 6) is 0.646. The first-order valence-electron chi connectivity index (χ1n) is 5.69. The van der Waals surface area contributed by atoms with E-state index in [1.807, 2.05) is 0 Å². The zero-order chi connectivity index (χ0) is 12.1. The van der Waals surface area contributed by atoms with Crippen LogP contribution >= 0.6 is 11.6 Å². The molecule has 0 aliphatic rings. The fourth-order valence-electron chi connectivity index (χ4n) is 1.28. The lowest BCUT2D eigenvalue weighted by atomic mass is 10.4. The maximum Gasteiger partial charge on any atom is 0.0593 e. The van der Waals surface area contributed by atoms with E-state index in [9.17, 15) is 0 Å². The number of ether oxygens (including phenoxy) is 3. The summed E-state index contributed by atoms with van der Waals surface area (Å²) in [6, 6.07) is 0. The Morgan fingerprint density at radius 1 is 0.875 bits per heavy atom. The molecule has 0 bridgehead atoms. The number of hydrogen-bond donors (Lipinski definition) is 0. The van der Waals surface area contributed by atoms with Crippen molar-refractivity contribution in [1.29, 1.82) is 0 Å². The Labute approximate surface area is 104 Å². The number of methoxy groups -OCH3 is 2. The molecule has 0 aliphatic heterocycles. The molecule has 16 heavy (non-hydrogen) atoms. The fourth-order valence-corrected chi connectivity index (χ4v) is 1.52. The second-order valence-electron chi connectivity index (χ2n) is 3.48. The zero-order valence-corrected chi connectivity index (χ0v) is 11.2. The molecule has 0 rings (SSSR count). The highest BCUT2D eigenvalue weighted by molar-refractivity contribution is 6.18. The predicted molar refractivity (Wildman–Crippen MR) is 66.3 cm³/mol. The second-order valence-corrected chi connectivity index (χ2v) is 3.86. The van der Waals surface area contributed by atoms with Gasteiger partial charge in [-0.05, 0) is 6.42 Å². The van der Waals surface area contributed by atoms with Crippen molar-refractivity contribution in [2.45, 2.75) is 6.42 Å². The summed E-state index contributed by atoms with van der Waals surface area (Å²) in [6.07, 6.45) is 0.948. The third-order valence-corrected chi connectivity index (χ3v) is 2.37. The number of nitrogens with zero attached hydrogens (tertiary/aromatic N) is 1. The van der Waals surface area contributed by atoms with Crippen LogP contribution in [0, 0.1) is 0 Å². The molecule has 0 spiro atoms. The molecular formula is C11H24ClNO3. The molecule has 0 unspecified atom stereocenters. The van der Waals surface area contributed by atoms with Gasteiger partial charge in [-0.25, -0.2) is 0 Å². The lowest BCUT2D eigenvalue weighted by Gasteiger charge is -2.20. The topological polar surface area (TPSA) is 30.9 Å². The van der Waals surface area contributed by atoms with Gasteiger partial charge < -0.3 is 14.2 Å². The van der Waals surface area contributed by atoms with E-state index in [4.69, 9.17) is 25.8 Å². The van der Waals surface area contributed by atoms with Crippen LogP contribution in [0.5, 0.6) is 0 Å². The first-order valence-corrected chi connectivity index (χ1v) is 6.22. The van der Waals surface area contributed by atoms with Crippen molar-refractivity contribution in [2.75, 3.05) is 66.2 Å². The van der Waals surface area contributed by atoms with Gasteiger partial charge in [-0.1, -0.05) is 0 Å². The van der Waals surface area contributed by atoms with Crippen LogP contribution in [-0.4, -0.2) is 71.1 Å². The summed E-state index contributed by atoms with van der Waals surface area (Å²) in [5.41, 5.74) is 0. The number of alkyl halides is 1. The van der Waals surface area contributed by atoms with E-state index in [1.165, 1.54) is 0 Å². The molecule has 0 heterocycles. The summed E-state index contributed by atoms with van der Waals surface area (Å²) < 4.78 is 15.5. The first kappa shape index (κ1) is 16.1. The van der Waals surface area contributed by atoms with Crippen molar-refractivity contribution in [3.63, 3.8) is 0 Å². The standard InChI is InChI=1S/C11H24ClNO3/c1-14-8-3-9-16-11-7-13(5-4-12)6-10-15-2/h3-11H2,1-2H3. The molecule has 0 radical (unpaired) electrons. The molecular weight excluding hydrogens is 230 g/mol. The summed E-state index contributed by atoms with van der Waals surface area (Å²) in [7, 11) is 3.41. The summed E-state index contributed by atoms with van der Waals surface area (Å²) in [6.45, 7) is 5.69. The van der Waals surface area contributed by atoms with Crippen molar-refractivity contribution < 1.29 is 14.2 Å². The molecule has 98 valence electrons. The van der Waals surface area contributed by atoms with E-state index in [0.717, 1.165) is 52.5 Å². The molecule has 0 N–H and O–H groups in total. The molecule has 5 heteroatoms. The van der Waals surface area contributed by atoms with Gasteiger partial charge in [-0.3, -0.25) is 4.90 Å². The zero-order valence-electron chi connectivity index (χ0n) is 10.4. The van der Waals surface area contributed by atoms with Crippen molar-refractivity contribution in [3.05, 3.63) is 0 Å². The smallest absolute Gasteiger partial charge is 0.0593 e. The quantitative estimate of drug-likeness (QED) is 0.387. The monoisotopic (exact) mass is 253 g/mol. The van der Waals surface area contributed by atoms with Gasteiger partial charge in [0.15, 0.2) is 0 Å². The van der Waals surface area contributed by atoms with Crippen LogP contribution in [0.1, 0.15) is 6.42 Å². The van der Waals surface area contributed by atoms with Crippen molar-refractivity contribution in [2.24, 2.45) is 0 Å². The van der Waals surface area contributed by atoms with Crippen LogP contribution in [-0.2, 0) is 14.2 Å². The van der Waals surface area contributed by atoms with E-state index in [-0.39, 0.29) is 0 Å². The van der Waals surface area contributed by atoms with Gasteiger partial charge in [0.05, 0.1) is 13.2 Å². The van der Waals surface area contributed by atoms with E-state index >= 15 is 0 Å². The molecule has 0 aromatic rings. The third-order valence-electron chi connectivity index (χ3n) is 2.20. The number of hydrogen-bond acceptors (Lipinski definition) is 4. The lowest BCUT2D eigenvalue weighted by molar-refractivity contribution is 0.0764. The van der Waals surface area contributed by atoms with Crippen LogP contribution in [0.2, 0.25) is 0 Å².